The quantitative estimate of drug-likeness (QED) is 0.203. The van der Waals surface area contributed by atoms with E-state index in [-0.39, 0.29) is 38.0 Å². The highest BCUT2D eigenvalue weighted by Crippen LogP contribution is 2.66. The molecule has 39 heavy (non-hydrogen) atoms. The second-order valence-corrected chi connectivity index (χ2v) is 11.5. The van der Waals surface area contributed by atoms with Crippen molar-refractivity contribution in [3.63, 3.8) is 0 Å². The molecule has 0 aliphatic heterocycles. The van der Waals surface area contributed by atoms with Gasteiger partial charge in [-0.2, -0.15) is 15.3 Å². The third-order valence-corrected chi connectivity index (χ3v) is 10.1. The SMILES string of the molecule is CC(=O)C1(N=N)CC(N=N)(c2ccccc2)C2(CCC(N=N)(C(C=O)C3CCCc4ccccc43)CC2)C1=O. The summed E-state index contributed by atoms with van der Waals surface area (Å²) in [5, 5.41) is 11.8. The molecule has 2 fully saturated rings. The maximum atomic E-state index is 14.3. The van der Waals surface area contributed by atoms with Crippen LogP contribution in [0.25, 0.3) is 0 Å². The van der Waals surface area contributed by atoms with Gasteiger partial charge in [0.15, 0.2) is 17.1 Å². The molecule has 4 atom stereocenters. The van der Waals surface area contributed by atoms with Gasteiger partial charge in [-0.1, -0.05) is 54.6 Å². The number of carbonyl (C=O) groups excluding carboxylic acids is 3. The summed E-state index contributed by atoms with van der Waals surface area (Å²) < 4.78 is 0. The molecule has 2 aromatic carbocycles. The summed E-state index contributed by atoms with van der Waals surface area (Å²) in [5.74, 6) is -1.63. The van der Waals surface area contributed by atoms with E-state index in [1.807, 2.05) is 18.2 Å². The van der Waals surface area contributed by atoms with Gasteiger partial charge in [-0.15, -0.1) is 0 Å². The lowest BCUT2D eigenvalue weighted by molar-refractivity contribution is -0.139. The third-order valence-electron chi connectivity index (χ3n) is 10.1. The maximum absolute atomic E-state index is 14.3. The number of rotatable bonds is 8. The lowest BCUT2D eigenvalue weighted by Crippen LogP contribution is -2.54. The molecule has 2 aromatic rings. The van der Waals surface area contributed by atoms with Gasteiger partial charge < -0.3 is 4.79 Å². The Morgan fingerprint density at radius 1 is 0.949 bits per heavy atom. The average Bonchev–Trinajstić information content (AvgIpc) is 3.20. The highest BCUT2D eigenvalue weighted by molar-refractivity contribution is 6.15. The van der Waals surface area contributed by atoms with Crippen molar-refractivity contribution in [3.8, 4) is 0 Å². The number of benzene rings is 2. The predicted molar refractivity (Wildman–Crippen MR) is 142 cm³/mol. The first-order chi connectivity index (χ1) is 18.8. The number of hydrogen-bond donors (Lipinski definition) is 3. The standard InChI is InChI=1S/C30H34N6O3/c1-20(38)29(35-32)19-30(36-33,22-10-3-2-4-11-22)27(26(29)39)14-16-28(34-31,17-15-27)25(18-37)24-13-7-9-21-8-5-6-12-23(21)24/h2-6,8,10-12,18,24-25,31-33H,7,9,13-17,19H2,1H3. The van der Waals surface area contributed by atoms with E-state index in [4.69, 9.17) is 16.6 Å². The summed E-state index contributed by atoms with van der Waals surface area (Å²) in [4.78, 5) is 40.0. The predicted octanol–water partition coefficient (Wildman–Crippen LogP) is 6.51. The summed E-state index contributed by atoms with van der Waals surface area (Å²) in [5.41, 5.74) is 22.0. The van der Waals surface area contributed by atoms with Crippen molar-refractivity contribution in [3.05, 3.63) is 71.3 Å². The lowest BCUT2D eigenvalue weighted by atomic mass is 9.54. The largest absolute Gasteiger partial charge is 0.303 e. The Morgan fingerprint density at radius 2 is 1.62 bits per heavy atom. The van der Waals surface area contributed by atoms with E-state index in [1.54, 1.807) is 24.3 Å². The molecule has 4 unspecified atom stereocenters. The normalized spacial score (nSPS) is 34.6. The van der Waals surface area contributed by atoms with Gasteiger partial charge in [0.1, 0.15) is 11.8 Å². The fourth-order valence-electron chi connectivity index (χ4n) is 7.99. The van der Waals surface area contributed by atoms with Crippen LogP contribution >= 0.6 is 0 Å². The van der Waals surface area contributed by atoms with Crippen LogP contribution in [0.15, 0.2) is 69.9 Å². The molecule has 2 saturated carbocycles. The topological polar surface area (TPSA) is 160 Å². The Hall–Kier alpha value is -3.75. The fraction of sp³-hybridized carbons (Fsp3) is 0.500. The number of aldehydes is 1. The van der Waals surface area contributed by atoms with Gasteiger partial charge in [0.2, 0.25) is 0 Å². The summed E-state index contributed by atoms with van der Waals surface area (Å²) in [6.07, 6.45) is 4.40. The van der Waals surface area contributed by atoms with E-state index in [9.17, 15) is 14.4 Å². The van der Waals surface area contributed by atoms with E-state index in [1.165, 1.54) is 12.5 Å². The molecule has 3 aliphatic carbocycles. The van der Waals surface area contributed by atoms with Crippen molar-refractivity contribution >= 4 is 17.9 Å². The summed E-state index contributed by atoms with van der Waals surface area (Å²) >= 11 is 0. The molecule has 0 amide bonds. The number of aryl methyl sites for hydroxylation is 1. The molecule has 9 heteroatoms. The first-order valence-corrected chi connectivity index (χ1v) is 13.6. The zero-order chi connectivity index (χ0) is 27.9. The maximum Gasteiger partial charge on any atom is 0.200 e. The summed E-state index contributed by atoms with van der Waals surface area (Å²) in [6.45, 7) is 1.27. The summed E-state index contributed by atoms with van der Waals surface area (Å²) in [7, 11) is 0. The molecule has 3 N–H and O–H groups in total. The third kappa shape index (κ3) is 3.62. The van der Waals surface area contributed by atoms with Crippen molar-refractivity contribution in [1.82, 2.24) is 0 Å². The van der Waals surface area contributed by atoms with Crippen molar-refractivity contribution in [1.29, 1.82) is 16.6 Å². The van der Waals surface area contributed by atoms with Crippen LogP contribution in [0.3, 0.4) is 0 Å². The Bertz CT molecular complexity index is 1340. The van der Waals surface area contributed by atoms with Gasteiger partial charge in [-0.25, -0.2) is 16.6 Å². The van der Waals surface area contributed by atoms with Gasteiger partial charge in [0, 0.05) is 12.3 Å². The van der Waals surface area contributed by atoms with E-state index < -0.39 is 39.5 Å². The van der Waals surface area contributed by atoms with Crippen LogP contribution in [0.1, 0.15) is 74.5 Å². The molecular weight excluding hydrogens is 492 g/mol. The van der Waals surface area contributed by atoms with Crippen LogP contribution in [0, 0.1) is 27.9 Å². The van der Waals surface area contributed by atoms with Crippen LogP contribution in [-0.4, -0.2) is 28.9 Å². The number of carbonyl (C=O) groups is 3. The van der Waals surface area contributed by atoms with Crippen molar-refractivity contribution < 1.29 is 14.4 Å². The highest BCUT2D eigenvalue weighted by Gasteiger charge is 2.74. The molecule has 0 bridgehead atoms. The number of nitrogens with one attached hydrogen (secondary N) is 3. The van der Waals surface area contributed by atoms with E-state index >= 15 is 0 Å². The molecule has 3 aliphatic rings. The van der Waals surface area contributed by atoms with Crippen LogP contribution < -0.4 is 0 Å². The van der Waals surface area contributed by atoms with Gasteiger partial charge in [0.25, 0.3) is 0 Å². The number of ketones is 2. The van der Waals surface area contributed by atoms with Crippen LogP contribution in [0.2, 0.25) is 0 Å². The zero-order valence-electron chi connectivity index (χ0n) is 22.2. The smallest absolute Gasteiger partial charge is 0.200 e. The number of fused-ring (bicyclic) bond motifs is 1. The molecular formula is C30H34N6O3. The molecule has 0 aromatic heterocycles. The Labute approximate surface area is 227 Å². The molecule has 0 radical (unpaired) electrons. The minimum atomic E-state index is -1.91. The number of Topliss-reactive ketones (excluding diaryl/α,β-unsaturated/α-hetero) is 2. The van der Waals surface area contributed by atoms with E-state index in [0.717, 1.165) is 31.1 Å². The molecule has 202 valence electrons. The monoisotopic (exact) mass is 526 g/mol. The molecule has 0 saturated heterocycles. The zero-order valence-corrected chi connectivity index (χ0v) is 22.2. The lowest BCUT2D eigenvalue weighted by Gasteiger charge is -2.50. The molecule has 9 nitrogen and oxygen atoms in total. The van der Waals surface area contributed by atoms with Gasteiger partial charge >= 0.3 is 0 Å². The first kappa shape index (κ1) is 26.8. The second kappa shape index (κ2) is 9.77. The number of nitrogens with zero attached hydrogens (tertiary/aromatic N) is 3. The second-order valence-electron chi connectivity index (χ2n) is 11.5. The van der Waals surface area contributed by atoms with Gasteiger partial charge in [-0.05, 0) is 74.5 Å². The van der Waals surface area contributed by atoms with Gasteiger partial charge in [0.05, 0.1) is 11.0 Å². The van der Waals surface area contributed by atoms with Gasteiger partial charge in [-0.3, -0.25) is 9.59 Å². The Morgan fingerprint density at radius 3 is 2.21 bits per heavy atom. The summed E-state index contributed by atoms with van der Waals surface area (Å²) in [6, 6.07) is 17.2. The highest BCUT2D eigenvalue weighted by atomic mass is 16.2. The number of hydrogen-bond acceptors (Lipinski definition) is 9. The van der Waals surface area contributed by atoms with Crippen LogP contribution in [0.4, 0.5) is 0 Å². The molecule has 5 rings (SSSR count). The first-order valence-electron chi connectivity index (χ1n) is 13.6. The van der Waals surface area contributed by atoms with Crippen LogP contribution in [-0.2, 0) is 26.3 Å². The van der Waals surface area contributed by atoms with E-state index in [2.05, 4.69) is 27.5 Å². The van der Waals surface area contributed by atoms with Crippen LogP contribution in [0.5, 0.6) is 0 Å². The van der Waals surface area contributed by atoms with Crippen molar-refractivity contribution in [2.24, 2.45) is 26.7 Å². The minimum absolute atomic E-state index is 0.0748. The van der Waals surface area contributed by atoms with E-state index in [0.29, 0.717) is 5.56 Å². The van der Waals surface area contributed by atoms with Crippen molar-refractivity contribution in [2.45, 2.75) is 80.8 Å². The van der Waals surface area contributed by atoms with Crippen molar-refractivity contribution in [2.75, 3.05) is 0 Å². The molecule has 0 heterocycles. The fourth-order valence-corrected chi connectivity index (χ4v) is 7.99. The Balaban J connectivity index is 1.59. The average molecular weight is 527 g/mol. The minimum Gasteiger partial charge on any atom is -0.303 e. The molecule has 1 spiro atoms. The Kier molecular flexibility index (Phi) is 6.73.